The van der Waals surface area contributed by atoms with Gasteiger partial charge in [-0.1, -0.05) is 66.2 Å². The highest BCUT2D eigenvalue weighted by Gasteiger charge is 2.41. The first-order valence-electron chi connectivity index (χ1n) is 11.1. The van der Waals surface area contributed by atoms with Gasteiger partial charge in [-0.05, 0) is 72.7 Å². The van der Waals surface area contributed by atoms with Crippen LogP contribution < -0.4 is 10.2 Å². The number of anilines is 2. The van der Waals surface area contributed by atoms with Gasteiger partial charge in [-0.3, -0.25) is 9.59 Å². The quantitative estimate of drug-likeness (QED) is 0.336. The lowest BCUT2D eigenvalue weighted by Crippen LogP contribution is -2.33. The summed E-state index contributed by atoms with van der Waals surface area (Å²) in [6.07, 6.45) is 0. The molecule has 168 valence electrons. The molecule has 0 spiro atoms. The number of halogens is 1. The number of nitrogens with one attached hydrogen (secondary N) is 1. The summed E-state index contributed by atoms with van der Waals surface area (Å²) in [6, 6.07) is 24.8. The maximum atomic E-state index is 13.8. The van der Waals surface area contributed by atoms with Gasteiger partial charge < -0.3 is 5.32 Å². The maximum absolute atomic E-state index is 13.8. The molecule has 5 rings (SSSR count). The summed E-state index contributed by atoms with van der Waals surface area (Å²) in [5.74, 6) is -0.752. The highest BCUT2D eigenvalue weighted by atomic mass is 35.5. The van der Waals surface area contributed by atoms with Crippen molar-refractivity contribution in [3.05, 3.63) is 112 Å². The van der Waals surface area contributed by atoms with Crippen molar-refractivity contribution in [3.63, 3.8) is 0 Å². The highest BCUT2D eigenvalue weighted by Crippen LogP contribution is 2.37. The van der Waals surface area contributed by atoms with Gasteiger partial charge in [0.1, 0.15) is 5.70 Å². The molecule has 0 bridgehead atoms. The Morgan fingerprint density at radius 1 is 0.735 bits per heavy atom. The van der Waals surface area contributed by atoms with E-state index in [-0.39, 0.29) is 11.6 Å². The van der Waals surface area contributed by atoms with E-state index in [2.05, 4.69) is 5.32 Å². The first kappa shape index (κ1) is 21.9. The van der Waals surface area contributed by atoms with Crippen molar-refractivity contribution in [1.29, 1.82) is 0 Å². The van der Waals surface area contributed by atoms with Gasteiger partial charge in [-0.25, -0.2) is 4.90 Å². The number of carbonyl (C=O) groups excluding carboxylic acids is 2. The third-order valence-corrected chi connectivity index (χ3v) is 6.56. The first-order valence-corrected chi connectivity index (χ1v) is 11.4. The molecule has 0 radical (unpaired) electrons. The fourth-order valence-electron chi connectivity index (χ4n) is 4.37. The van der Waals surface area contributed by atoms with Crippen molar-refractivity contribution < 1.29 is 9.59 Å². The number of imide groups is 1. The minimum absolute atomic E-state index is 0.263. The van der Waals surface area contributed by atoms with Crippen LogP contribution in [0.5, 0.6) is 0 Å². The van der Waals surface area contributed by atoms with Gasteiger partial charge in [0.15, 0.2) is 0 Å². The van der Waals surface area contributed by atoms with Crippen LogP contribution in [0.1, 0.15) is 22.3 Å². The van der Waals surface area contributed by atoms with Crippen LogP contribution in [0.4, 0.5) is 11.4 Å². The number of hydrogen-bond donors (Lipinski definition) is 1. The zero-order chi connectivity index (χ0) is 24.0. The Labute approximate surface area is 203 Å². The third-order valence-electron chi connectivity index (χ3n) is 6.33. The molecule has 1 aliphatic rings. The van der Waals surface area contributed by atoms with Crippen LogP contribution in [0, 0.1) is 20.8 Å². The Morgan fingerprint density at radius 3 is 2.26 bits per heavy atom. The number of carbonyl (C=O) groups is 2. The zero-order valence-corrected chi connectivity index (χ0v) is 19.9. The summed E-state index contributed by atoms with van der Waals surface area (Å²) in [5.41, 5.74) is 5.54. The largest absolute Gasteiger partial charge is 0.350 e. The number of benzene rings is 4. The molecule has 1 heterocycles. The van der Waals surface area contributed by atoms with Gasteiger partial charge in [-0.15, -0.1) is 0 Å². The lowest BCUT2D eigenvalue weighted by Gasteiger charge is -2.18. The Bertz CT molecular complexity index is 1510. The lowest BCUT2D eigenvalue weighted by atomic mass is 9.99. The van der Waals surface area contributed by atoms with Crippen LogP contribution in [0.2, 0.25) is 5.02 Å². The smallest absolute Gasteiger partial charge is 0.282 e. The van der Waals surface area contributed by atoms with Crippen molar-refractivity contribution in [2.75, 3.05) is 10.2 Å². The van der Waals surface area contributed by atoms with Crippen molar-refractivity contribution in [1.82, 2.24) is 0 Å². The minimum atomic E-state index is -0.392. The number of nitrogens with zero attached hydrogens (tertiary/aromatic N) is 1. The van der Waals surface area contributed by atoms with Gasteiger partial charge in [0.2, 0.25) is 0 Å². The molecule has 2 amide bonds. The van der Waals surface area contributed by atoms with Crippen molar-refractivity contribution in [3.8, 4) is 0 Å². The fraction of sp³-hybridized carbons (Fsp3) is 0.103. The molecule has 5 heteroatoms. The molecule has 0 atom stereocenters. The number of fused-ring (bicyclic) bond motifs is 1. The molecule has 4 nitrogen and oxygen atoms in total. The van der Waals surface area contributed by atoms with E-state index in [4.69, 9.17) is 11.6 Å². The van der Waals surface area contributed by atoms with E-state index >= 15 is 0 Å². The second-order valence-electron chi connectivity index (χ2n) is 8.58. The molecule has 34 heavy (non-hydrogen) atoms. The number of amides is 2. The van der Waals surface area contributed by atoms with E-state index in [9.17, 15) is 9.59 Å². The second kappa shape index (κ2) is 8.47. The molecule has 1 N–H and O–H groups in total. The lowest BCUT2D eigenvalue weighted by molar-refractivity contribution is -0.120. The number of aryl methyl sites for hydroxylation is 3. The first-order chi connectivity index (χ1) is 16.3. The van der Waals surface area contributed by atoms with Gasteiger partial charge in [0.05, 0.1) is 11.3 Å². The van der Waals surface area contributed by atoms with Crippen molar-refractivity contribution >= 4 is 51.1 Å². The summed E-state index contributed by atoms with van der Waals surface area (Å²) < 4.78 is 0. The fourth-order valence-corrected chi connectivity index (χ4v) is 4.59. The third kappa shape index (κ3) is 3.66. The second-order valence-corrected chi connectivity index (χ2v) is 9.01. The molecule has 0 saturated carbocycles. The Kier molecular flexibility index (Phi) is 5.46. The monoisotopic (exact) mass is 466 g/mol. The number of hydrogen-bond acceptors (Lipinski definition) is 3. The summed E-state index contributed by atoms with van der Waals surface area (Å²) in [5, 5.41) is 5.89. The van der Waals surface area contributed by atoms with E-state index in [1.54, 1.807) is 18.2 Å². The molecule has 1 aliphatic heterocycles. The van der Waals surface area contributed by atoms with Gasteiger partial charge in [0.25, 0.3) is 11.8 Å². The normalized spacial score (nSPS) is 13.8. The molecular weight excluding hydrogens is 444 g/mol. The highest BCUT2D eigenvalue weighted by molar-refractivity contribution is 6.46. The molecule has 0 unspecified atom stereocenters. The molecule has 4 aromatic carbocycles. The standard InChI is InChI=1S/C29H23ClN2O2/c1-17-11-12-21(15-18(17)2)26-27(31-24-10-6-8-20-7-4-5-9-23(20)24)29(34)32(28(26)33)25-14-13-22(30)16-19(25)3/h4-16,31H,1-3H3. The van der Waals surface area contributed by atoms with E-state index in [1.165, 1.54) is 4.90 Å². The average Bonchev–Trinajstić information content (AvgIpc) is 3.05. The summed E-state index contributed by atoms with van der Waals surface area (Å²) in [6.45, 7) is 5.86. The molecule has 4 aromatic rings. The van der Waals surface area contributed by atoms with Crippen LogP contribution >= 0.6 is 11.6 Å². The summed E-state index contributed by atoms with van der Waals surface area (Å²) >= 11 is 6.13. The predicted molar refractivity (Wildman–Crippen MR) is 139 cm³/mol. The van der Waals surface area contributed by atoms with Crippen LogP contribution in [-0.4, -0.2) is 11.8 Å². The minimum Gasteiger partial charge on any atom is -0.350 e. The SMILES string of the molecule is Cc1ccc(C2=C(Nc3cccc4ccccc34)C(=O)N(c3ccc(Cl)cc3C)C2=O)cc1C. The van der Waals surface area contributed by atoms with Crippen LogP contribution in [0.25, 0.3) is 16.3 Å². The molecule has 0 saturated heterocycles. The number of rotatable bonds is 4. The molecule has 0 aliphatic carbocycles. The zero-order valence-electron chi connectivity index (χ0n) is 19.1. The maximum Gasteiger partial charge on any atom is 0.282 e. The topological polar surface area (TPSA) is 49.4 Å². The molecular formula is C29H23ClN2O2. The molecule has 0 fully saturated rings. The molecule has 0 aromatic heterocycles. The Morgan fingerprint density at radius 2 is 1.50 bits per heavy atom. The van der Waals surface area contributed by atoms with Gasteiger partial charge in [0, 0.05) is 16.1 Å². The Hall–Kier alpha value is -3.89. The van der Waals surface area contributed by atoms with Gasteiger partial charge in [-0.2, -0.15) is 0 Å². The van der Waals surface area contributed by atoms with E-state index in [0.717, 1.165) is 33.2 Å². The van der Waals surface area contributed by atoms with Crippen LogP contribution in [0.3, 0.4) is 0 Å². The summed E-state index contributed by atoms with van der Waals surface area (Å²) in [4.78, 5) is 28.8. The average molecular weight is 467 g/mol. The van der Waals surface area contributed by atoms with E-state index in [0.29, 0.717) is 21.8 Å². The van der Waals surface area contributed by atoms with Crippen molar-refractivity contribution in [2.24, 2.45) is 0 Å². The summed E-state index contributed by atoms with van der Waals surface area (Å²) in [7, 11) is 0. The van der Waals surface area contributed by atoms with Crippen molar-refractivity contribution in [2.45, 2.75) is 20.8 Å². The van der Waals surface area contributed by atoms with E-state index < -0.39 is 5.91 Å². The Balaban J connectivity index is 1.69. The van der Waals surface area contributed by atoms with Crippen LogP contribution in [-0.2, 0) is 9.59 Å². The van der Waals surface area contributed by atoms with Crippen LogP contribution in [0.15, 0.2) is 84.6 Å². The predicted octanol–water partition coefficient (Wildman–Crippen LogP) is 6.82. The van der Waals surface area contributed by atoms with E-state index in [1.807, 2.05) is 81.4 Å². The van der Waals surface area contributed by atoms with Gasteiger partial charge >= 0.3 is 0 Å².